The number of nitrogens with one attached hydrogen (secondary N) is 1. The zero-order chi connectivity index (χ0) is 22.1. The predicted molar refractivity (Wildman–Crippen MR) is 125 cm³/mol. The van der Waals surface area contributed by atoms with Gasteiger partial charge in [0.05, 0.1) is 13.0 Å². The second-order valence-electron chi connectivity index (χ2n) is 8.09. The molecule has 1 atom stereocenters. The van der Waals surface area contributed by atoms with Crippen LogP contribution in [-0.4, -0.2) is 35.9 Å². The predicted octanol–water partition coefficient (Wildman–Crippen LogP) is 5.12. The van der Waals surface area contributed by atoms with Gasteiger partial charge < -0.3 is 15.0 Å². The van der Waals surface area contributed by atoms with Gasteiger partial charge in [0.25, 0.3) is 0 Å². The molecule has 0 saturated heterocycles. The van der Waals surface area contributed by atoms with E-state index in [-0.39, 0.29) is 17.9 Å². The first-order valence-corrected chi connectivity index (χ1v) is 12.3. The molecule has 1 aliphatic carbocycles. The molecule has 1 saturated carbocycles. The van der Waals surface area contributed by atoms with Crippen molar-refractivity contribution >= 4 is 23.2 Å². The first-order valence-electron chi connectivity index (χ1n) is 11.5. The molecule has 2 amide bonds. The maximum atomic E-state index is 13.5. The minimum Gasteiger partial charge on any atom is -0.494 e. The van der Waals surface area contributed by atoms with Gasteiger partial charge in [0.2, 0.25) is 11.8 Å². The van der Waals surface area contributed by atoms with E-state index in [0.717, 1.165) is 54.7 Å². The summed E-state index contributed by atoms with van der Waals surface area (Å²) in [5, 5.41) is 5.21. The standard InChI is InChI=1S/C25H34N2O3S/c1-3-5-16-27(23(28)18-22-11-8-17-31-22)24(25(29)26-20-9-6-7-10-20)19-12-14-21(15-13-19)30-4-2/h8,11-15,17,20,24H,3-7,9-10,16,18H2,1-2H3,(H,26,29)/t24-/m1/s1. The Balaban J connectivity index is 1.88. The number of hydrogen-bond donors (Lipinski definition) is 1. The lowest BCUT2D eigenvalue weighted by molar-refractivity contribution is -0.140. The summed E-state index contributed by atoms with van der Waals surface area (Å²) in [6.07, 6.45) is 6.47. The Bertz CT molecular complexity index is 814. The van der Waals surface area contributed by atoms with Crippen LogP contribution in [0.5, 0.6) is 5.75 Å². The van der Waals surface area contributed by atoms with Crippen LogP contribution in [0.3, 0.4) is 0 Å². The summed E-state index contributed by atoms with van der Waals surface area (Å²) in [5.41, 5.74) is 0.828. The van der Waals surface area contributed by atoms with Crippen molar-refractivity contribution < 1.29 is 14.3 Å². The van der Waals surface area contributed by atoms with Crippen LogP contribution in [0.1, 0.15) is 68.9 Å². The molecule has 5 nitrogen and oxygen atoms in total. The summed E-state index contributed by atoms with van der Waals surface area (Å²) in [6, 6.07) is 11.1. The lowest BCUT2D eigenvalue weighted by Crippen LogP contribution is -2.46. The zero-order valence-electron chi connectivity index (χ0n) is 18.6. The summed E-state index contributed by atoms with van der Waals surface area (Å²) < 4.78 is 5.57. The van der Waals surface area contributed by atoms with Crippen molar-refractivity contribution in [2.24, 2.45) is 0 Å². The number of rotatable bonds is 11. The summed E-state index contributed by atoms with van der Waals surface area (Å²) in [7, 11) is 0. The van der Waals surface area contributed by atoms with Gasteiger partial charge in [-0.25, -0.2) is 0 Å². The Labute approximate surface area is 189 Å². The van der Waals surface area contributed by atoms with Crippen LogP contribution in [0.25, 0.3) is 0 Å². The van der Waals surface area contributed by atoms with Crippen molar-refractivity contribution in [2.75, 3.05) is 13.2 Å². The SMILES string of the molecule is CCCCN(C(=O)Cc1cccs1)[C@@H](C(=O)NC1CCCC1)c1ccc(OCC)cc1. The van der Waals surface area contributed by atoms with Crippen LogP contribution in [0, 0.1) is 0 Å². The number of amides is 2. The maximum Gasteiger partial charge on any atom is 0.247 e. The third-order valence-electron chi connectivity index (χ3n) is 5.75. The number of benzene rings is 1. The van der Waals surface area contributed by atoms with E-state index in [1.165, 1.54) is 0 Å². The van der Waals surface area contributed by atoms with E-state index in [4.69, 9.17) is 4.74 Å². The molecule has 1 N–H and O–H groups in total. The Kier molecular flexibility index (Phi) is 8.95. The molecule has 0 radical (unpaired) electrons. The lowest BCUT2D eigenvalue weighted by Gasteiger charge is -2.32. The van der Waals surface area contributed by atoms with Crippen LogP contribution in [0.4, 0.5) is 0 Å². The molecule has 6 heteroatoms. The van der Waals surface area contributed by atoms with E-state index in [0.29, 0.717) is 19.6 Å². The van der Waals surface area contributed by atoms with Crippen molar-refractivity contribution in [2.45, 2.75) is 70.9 Å². The average molecular weight is 443 g/mol. The number of thiophene rings is 1. The molecule has 168 valence electrons. The smallest absolute Gasteiger partial charge is 0.247 e. The summed E-state index contributed by atoms with van der Waals surface area (Å²) in [5.74, 6) is 0.689. The van der Waals surface area contributed by atoms with Crippen molar-refractivity contribution in [3.63, 3.8) is 0 Å². The number of ether oxygens (including phenoxy) is 1. The average Bonchev–Trinajstić information content (AvgIpc) is 3.46. The minimum atomic E-state index is -0.629. The number of hydrogen-bond acceptors (Lipinski definition) is 4. The summed E-state index contributed by atoms with van der Waals surface area (Å²) >= 11 is 1.58. The fourth-order valence-electron chi connectivity index (χ4n) is 4.13. The van der Waals surface area contributed by atoms with Gasteiger partial charge in [-0.2, -0.15) is 0 Å². The highest BCUT2D eigenvalue weighted by molar-refractivity contribution is 7.10. The van der Waals surface area contributed by atoms with Crippen LogP contribution < -0.4 is 10.1 Å². The molecular formula is C25H34N2O3S. The molecule has 1 aromatic carbocycles. The molecule has 2 aromatic rings. The second kappa shape index (κ2) is 11.9. The quantitative estimate of drug-likeness (QED) is 0.526. The highest BCUT2D eigenvalue weighted by Crippen LogP contribution is 2.27. The lowest BCUT2D eigenvalue weighted by atomic mass is 10.0. The topological polar surface area (TPSA) is 58.6 Å². The van der Waals surface area contributed by atoms with Crippen molar-refractivity contribution in [1.29, 1.82) is 0 Å². The molecule has 1 fully saturated rings. The highest BCUT2D eigenvalue weighted by Gasteiger charge is 2.32. The van der Waals surface area contributed by atoms with E-state index in [2.05, 4.69) is 12.2 Å². The van der Waals surface area contributed by atoms with Crippen molar-refractivity contribution in [3.05, 3.63) is 52.2 Å². The maximum absolute atomic E-state index is 13.5. The van der Waals surface area contributed by atoms with Gasteiger partial charge in [-0.3, -0.25) is 9.59 Å². The molecule has 0 bridgehead atoms. The van der Waals surface area contributed by atoms with E-state index < -0.39 is 6.04 Å². The first kappa shape index (κ1) is 23.3. The Hall–Kier alpha value is -2.34. The molecular weight excluding hydrogens is 408 g/mol. The number of carbonyl (C=O) groups is 2. The fraction of sp³-hybridized carbons (Fsp3) is 0.520. The van der Waals surface area contributed by atoms with Crippen LogP contribution in [0.15, 0.2) is 41.8 Å². The van der Waals surface area contributed by atoms with Crippen molar-refractivity contribution in [3.8, 4) is 5.75 Å². The summed E-state index contributed by atoms with van der Waals surface area (Å²) in [6.45, 7) is 5.21. The Morgan fingerprint density at radius 2 is 1.90 bits per heavy atom. The van der Waals surface area contributed by atoms with Gasteiger partial charge >= 0.3 is 0 Å². The monoisotopic (exact) mass is 442 g/mol. The zero-order valence-corrected chi connectivity index (χ0v) is 19.5. The molecule has 3 rings (SSSR count). The highest BCUT2D eigenvalue weighted by atomic mass is 32.1. The van der Waals surface area contributed by atoms with Gasteiger partial charge in [0.15, 0.2) is 0 Å². The first-order chi connectivity index (χ1) is 15.1. The molecule has 1 aliphatic rings. The van der Waals surface area contributed by atoms with Gasteiger partial charge in [-0.15, -0.1) is 11.3 Å². The third kappa shape index (κ3) is 6.57. The van der Waals surface area contributed by atoms with Gasteiger partial charge in [-0.05, 0) is 55.3 Å². The molecule has 31 heavy (non-hydrogen) atoms. The van der Waals surface area contributed by atoms with E-state index >= 15 is 0 Å². The number of nitrogens with zero attached hydrogens (tertiary/aromatic N) is 1. The van der Waals surface area contributed by atoms with Gasteiger partial charge in [0.1, 0.15) is 11.8 Å². The normalized spacial score (nSPS) is 14.9. The molecule has 1 heterocycles. The molecule has 0 aliphatic heterocycles. The van der Waals surface area contributed by atoms with Crippen LogP contribution in [-0.2, 0) is 16.0 Å². The number of carbonyl (C=O) groups excluding carboxylic acids is 2. The van der Waals surface area contributed by atoms with E-state index in [1.807, 2.05) is 48.7 Å². The van der Waals surface area contributed by atoms with E-state index in [1.54, 1.807) is 16.2 Å². The Morgan fingerprint density at radius 1 is 1.16 bits per heavy atom. The molecule has 1 aromatic heterocycles. The van der Waals surface area contributed by atoms with Gasteiger partial charge in [-0.1, -0.05) is 44.4 Å². The summed E-state index contributed by atoms with van der Waals surface area (Å²) in [4.78, 5) is 29.7. The van der Waals surface area contributed by atoms with Crippen LogP contribution >= 0.6 is 11.3 Å². The molecule has 0 spiro atoms. The largest absolute Gasteiger partial charge is 0.494 e. The minimum absolute atomic E-state index is 0.00337. The van der Waals surface area contributed by atoms with Crippen molar-refractivity contribution in [1.82, 2.24) is 10.2 Å². The Morgan fingerprint density at radius 3 is 2.52 bits per heavy atom. The fourth-order valence-corrected chi connectivity index (χ4v) is 4.82. The number of unbranched alkanes of at least 4 members (excludes halogenated alkanes) is 1. The van der Waals surface area contributed by atoms with Gasteiger partial charge in [0, 0.05) is 17.5 Å². The van der Waals surface area contributed by atoms with E-state index in [9.17, 15) is 9.59 Å². The molecule has 0 unspecified atom stereocenters. The second-order valence-corrected chi connectivity index (χ2v) is 9.12. The van der Waals surface area contributed by atoms with Crippen LogP contribution in [0.2, 0.25) is 0 Å². The third-order valence-corrected chi connectivity index (χ3v) is 6.62.